The number of nitrogens with zero attached hydrogens (tertiary/aromatic N) is 2. The molecule has 4 rings (SSSR count). The number of hydrogen-bond acceptors (Lipinski definition) is 7. The summed E-state index contributed by atoms with van der Waals surface area (Å²) >= 11 is 6.80. The summed E-state index contributed by atoms with van der Waals surface area (Å²) in [7, 11) is 0. The second kappa shape index (κ2) is 9.38. The molecule has 1 aromatic heterocycles. The lowest BCUT2D eigenvalue weighted by atomic mass is 10.2. The van der Waals surface area contributed by atoms with Gasteiger partial charge in [0.05, 0.1) is 30.0 Å². The second-order valence-corrected chi connectivity index (χ2v) is 8.08. The average Bonchev–Trinajstić information content (AvgIpc) is 3.16. The Balaban J connectivity index is 1.41. The number of thiocarbonyl (C=S) groups is 1. The summed E-state index contributed by atoms with van der Waals surface area (Å²) in [6.07, 6.45) is 0. The highest BCUT2D eigenvalue weighted by molar-refractivity contribution is 7.80. The SMILES string of the molecule is CCOc1cccc(C(=O)NC(=S)Nc2nc3ccc(N4CCOCC4)cc3s2)c1. The fourth-order valence-corrected chi connectivity index (χ4v) is 4.34. The highest BCUT2D eigenvalue weighted by Gasteiger charge is 2.14. The minimum atomic E-state index is -0.301. The molecule has 1 amide bonds. The van der Waals surface area contributed by atoms with E-state index in [1.807, 2.05) is 19.1 Å². The average molecular weight is 443 g/mol. The van der Waals surface area contributed by atoms with E-state index in [1.54, 1.807) is 18.2 Å². The van der Waals surface area contributed by atoms with Crippen LogP contribution < -0.4 is 20.3 Å². The van der Waals surface area contributed by atoms with Gasteiger partial charge in [-0.05, 0) is 55.5 Å². The zero-order valence-corrected chi connectivity index (χ0v) is 18.1. The number of hydrogen-bond donors (Lipinski definition) is 2. The number of morpholine rings is 1. The molecular weight excluding hydrogens is 420 g/mol. The topological polar surface area (TPSA) is 75.7 Å². The zero-order valence-electron chi connectivity index (χ0n) is 16.5. The Labute approximate surface area is 184 Å². The Morgan fingerprint density at radius 2 is 2.10 bits per heavy atom. The summed E-state index contributed by atoms with van der Waals surface area (Å²) in [4.78, 5) is 19.3. The van der Waals surface area contributed by atoms with Gasteiger partial charge < -0.3 is 19.7 Å². The van der Waals surface area contributed by atoms with Crippen LogP contribution >= 0.6 is 23.6 Å². The molecule has 0 unspecified atom stereocenters. The predicted octanol–water partition coefficient (Wildman–Crippen LogP) is 3.66. The molecule has 1 aliphatic rings. The van der Waals surface area contributed by atoms with Gasteiger partial charge in [-0.2, -0.15) is 0 Å². The Morgan fingerprint density at radius 3 is 2.90 bits per heavy atom. The van der Waals surface area contributed by atoms with E-state index in [-0.39, 0.29) is 11.0 Å². The normalized spacial score (nSPS) is 13.8. The summed E-state index contributed by atoms with van der Waals surface area (Å²) in [6, 6.07) is 13.2. The van der Waals surface area contributed by atoms with E-state index in [2.05, 4.69) is 32.7 Å². The third-order valence-corrected chi connectivity index (χ3v) is 5.74. The smallest absolute Gasteiger partial charge is 0.257 e. The standard InChI is InChI=1S/C21H22N4O3S2/c1-2-28-16-5-3-4-14(12-16)19(26)23-20(29)24-21-22-17-7-6-15(13-18(17)30-21)25-8-10-27-11-9-25/h3-7,12-13H,2,8-11H2,1H3,(H2,22,23,24,26,29). The molecule has 0 aliphatic carbocycles. The van der Waals surface area contributed by atoms with E-state index < -0.39 is 0 Å². The lowest BCUT2D eigenvalue weighted by molar-refractivity contribution is 0.0977. The lowest BCUT2D eigenvalue weighted by Crippen LogP contribution is -2.36. The van der Waals surface area contributed by atoms with Gasteiger partial charge in [-0.25, -0.2) is 4.98 Å². The van der Waals surface area contributed by atoms with Crippen molar-refractivity contribution in [3.63, 3.8) is 0 Å². The zero-order chi connectivity index (χ0) is 20.9. The van der Waals surface area contributed by atoms with Gasteiger partial charge in [0.25, 0.3) is 5.91 Å². The lowest BCUT2D eigenvalue weighted by Gasteiger charge is -2.28. The third kappa shape index (κ3) is 4.86. The molecule has 0 bridgehead atoms. The number of fused-ring (bicyclic) bond motifs is 1. The van der Waals surface area contributed by atoms with Crippen LogP contribution in [0.4, 0.5) is 10.8 Å². The molecule has 0 atom stereocenters. The van der Waals surface area contributed by atoms with E-state index >= 15 is 0 Å². The highest BCUT2D eigenvalue weighted by atomic mass is 32.1. The first-order chi connectivity index (χ1) is 14.6. The number of amides is 1. The van der Waals surface area contributed by atoms with Crippen molar-refractivity contribution < 1.29 is 14.3 Å². The van der Waals surface area contributed by atoms with Crippen molar-refractivity contribution in [2.45, 2.75) is 6.92 Å². The molecule has 3 aromatic rings. The molecule has 156 valence electrons. The van der Waals surface area contributed by atoms with Gasteiger partial charge in [0, 0.05) is 24.3 Å². The number of nitrogens with one attached hydrogen (secondary N) is 2. The van der Waals surface area contributed by atoms with Crippen LogP contribution in [-0.4, -0.2) is 48.9 Å². The largest absolute Gasteiger partial charge is 0.494 e. The van der Waals surface area contributed by atoms with Gasteiger partial charge in [0.15, 0.2) is 10.2 Å². The number of anilines is 2. The molecule has 0 radical (unpaired) electrons. The number of thiazole rings is 1. The maximum atomic E-state index is 12.5. The predicted molar refractivity (Wildman–Crippen MR) is 124 cm³/mol. The number of benzene rings is 2. The van der Waals surface area contributed by atoms with Crippen LogP contribution in [0.15, 0.2) is 42.5 Å². The summed E-state index contributed by atoms with van der Waals surface area (Å²) in [5, 5.41) is 6.54. The molecule has 1 saturated heterocycles. The van der Waals surface area contributed by atoms with Crippen molar-refractivity contribution >= 4 is 55.6 Å². The fraction of sp³-hybridized carbons (Fsp3) is 0.286. The maximum absolute atomic E-state index is 12.5. The van der Waals surface area contributed by atoms with Crippen molar-refractivity contribution in [1.29, 1.82) is 0 Å². The molecule has 0 spiro atoms. The fourth-order valence-electron chi connectivity index (χ4n) is 3.18. The summed E-state index contributed by atoms with van der Waals surface area (Å²) < 4.78 is 11.9. The molecule has 2 heterocycles. The number of rotatable bonds is 5. The quantitative estimate of drug-likeness (QED) is 0.584. The minimum Gasteiger partial charge on any atom is -0.494 e. The Bertz CT molecular complexity index is 1060. The van der Waals surface area contributed by atoms with Crippen molar-refractivity contribution in [1.82, 2.24) is 10.3 Å². The van der Waals surface area contributed by atoms with Crippen LogP contribution in [0.2, 0.25) is 0 Å². The van der Waals surface area contributed by atoms with Crippen LogP contribution in [0.3, 0.4) is 0 Å². The van der Waals surface area contributed by atoms with Gasteiger partial charge in [-0.1, -0.05) is 17.4 Å². The molecule has 9 heteroatoms. The molecular formula is C21H22N4O3S2. The van der Waals surface area contributed by atoms with Crippen LogP contribution in [0, 0.1) is 0 Å². The molecule has 1 fully saturated rings. The van der Waals surface area contributed by atoms with Gasteiger partial charge in [-0.3, -0.25) is 10.1 Å². The van der Waals surface area contributed by atoms with E-state index in [0.29, 0.717) is 23.1 Å². The van der Waals surface area contributed by atoms with E-state index in [0.717, 1.165) is 42.2 Å². The molecule has 2 N–H and O–H groups in total. The first-order valence-electron chi connectivity index (χ1n) is 9.71. The first-order valence-corrected chi connectivity index (χ1v) is 10.9. The molecule has 2 aromatic carbocycles. The minimum absolute atomic E-state index is 0.203. The molecule has 0 saturated carbocycles. The number of aromatic nitrogens is 1. The highest BCUT2D eigenvalue weighted by Crippen LogP contribution is 2.30. The van der Waals surface area contributed by atoms with Gasteiger partial charge in [-0.15, -0.1) is 0 Å². The Kier molecular flexibility index (Phi) is 6.41. The molecule has 7 nitrogen and oxygen atoms in total. The van der Waals surface area contributed by atoms with E-state index in [4.69, 9.17) is 21.7 Å². The van der Waals surface area contributed by atoms with Crippen molar-refractivity contribution in [2.24, 2.45) is 0 Å². The third-order valence-electron chi connectivity index (χ3n) is 4.60. The summed E-state index contributed by atoms with van der Waals surface area (Å²) in [5.41, 5.74) is 2.52. The van der Waals surface area contributed by atoms with Gasteiger partial charge in [0.2, 0.25) is 0 Å². The van der Waals surface area contributed by atoms with Crippen LogP contribution in [0.25, 0.3) is 10.2 Å². The molecule has 30 heavy (non-hydrogen) atoms. The number of carbonyl (C=O) groups excluding carboxylic acids is 1. The van der Waals surface area contributed by atoms with E-state index in [1.165, 1.54) is 11.3 Å². The molecule has 1 aliphatic heterocycles. The number of ether oxygens (including phenoxy) is 2. The second-order valence-electron chi connectivity index (χ2n) is 6.64. The summed E-state index contributed by atoms with van der Waals surface area (Å²) in [6.45, 7) is 5.69. The van der Waals surface area contributed by atoms with Gasteiger partial charge in [0.1, 0.15) is 5.75 Å². The van der Waals surface area contributed by atoms with E-state index in [9.17, 15) is 4.79 Å². The summed E-state index contributed by atoms with van der Waals surface area (Å²) in [5.74, 6) is 0.344. The van der Waals surface area contributed by atoms with Crippen molar-refractivity contribution in [2.75, 3.05) is 43.1 Å². The number of carbonyl (C=O) groups is 1. The first kappa shape index (κ1) is 20.5. The van der Waals surface area contributed by atoms with Gasteiger partial charge >= 0.3 is 0 Å². The van der Waals surface area contributed by atoms with Crippen LogP contribution in [0.1, 0.15) is 17.3 Å². The van der Waals surface area contributed by atoms with Crippen molar-refractivity contribution in [3.8, 4) is 5.75 Å². The Morgan fingerprint density at radius 1 is 1.27 bits per heavy atom. The van der Waals surface area contributed by atoms with Crippen LogP contribution in [0.5, 0.6) is 5.75 Å². The van der Waals surface area contributed by atoms with Crippen molar-refractivity contribution in [3.05, 3.63) is 48.0 Å². The maximum Gasteiger partial charge on any atom is 0.257 e. The van der Waals surface area contributed by atoms with Crippen LogP contribution in [-0.2, 0) is 4.74 Å². The Hall–Kier alpha value is -2.75. The monoisotopic (exact) mass is 442 g/mol.